The number of aromatic hydroxyl groups is 1. The summed E-state index contributed by atoms with van der Waals surface area (Å²) in [6.07, 6.45) is 0.216. The van der Waals surface area contributed by atoms with Gasteiger partial charge in [0, 0.05) is 11.1 Å². The molecule has 1 fully saturated rings. The van der Waals surface area contributed by atoms with Gasteiger partial charge in [0.2, 0.25) is 0 Å². The van der Waals surface area contributed by atoms with Crippen molar-refractivity contribution in [1.29, 1.82) is 0 Å². The lowest BCUT2D eigenvalue weighted by molar-refractivity contribution is 0.103. The van der Waals surface area contributed by atoms with Crippen LogP contribution in [0.5, 0.6) is 11.5 Å². The number of carbonyl (C=O) groups is 1. The number of phenolic OH excluding ortho intramolecular Hbond substituents is 1. The van der Waals surface area contributed by atoms with Crippen molar-refractivity contribution in [3.8, 4) is 11.5 Å². The second-order valence-electron chi connectivity index (χ2n) is 4.67. The van der Waals surface area contributed by atoms with Crippen LogP contribution in [0.3, 0.4) is 0 Å². The molecule has 1 heterocycles. The molecule has 0 unspecified atom stereocenters. The van der Waals surface area contributed by atoms with E-state index in [0.29, 0.717) is 17.7 Å². The molecular formula is C16H14O4. The maximum Gasteiger partial charge on any atom is 0.193 e. The predicted octanol–water partition coefficient (Wildman–Crippen LogP) is 2.40. The summed E-state index contributed by atoms with van der Waals surface area (Å²) in [5, 5.41) is 9.22. The Bertz CT molecular complexity index is 597. The van der Waals surface area contributed by atoms with Crippen molar-refractivity contribution in [1.82, 2.24) is 0 Å². The summed E-state index contributed by atoms with van der Waals surface area (Å²) in [5.41, 5.74) is 1.13. The topological polar surface area (TPSA) is 59.1 Å². The van der Waals surface area contributed by atoms with Gasteiger partial charge in [-0.15, -0.1) is 0 Å². The highest BCUT2D eigenvalue weighted by molar-refractivity contribution is 6.09. The third kappa shape index (κ3) is 2.97. The zero-order valence-electron chi connectivity index (χ0n) is 10.8. The monoisotopic (exact) mass is 270 g/mol. The van der Waals surface area contributed by atoms with Gasteiger partial charge in [-0.05, 0) is 48.5 Å². The lowest BCUT2D eigenvalue weighted by atomic mass is 10.0. The Balaban J connectivity index is 1.69. The predicted molar refractivity (Wildman–Crippen MR) is 73.2 cm³/mol. The zero-order chi connectivity index (χ0) is 13.9. The van der Waals surface area contributed by atoms with Crippen LogP contribution in [0.1, 0.15) is 15.9 Å². The van der Waals surface area contributed by atoms with Gasteiger partial charge in [-0.1, -0.05) is 0 Å². The highest BCUT2D eigenvalue weighted by Crippen LogP contribution is 2.18. The van der Waals surface area contributed by atoms with Crippen molar-refractivity contribution in [2.75, 3.05) is 13.2 Å². The second-order valence-corrected chi connectivity index (χ2v) is 4.67. The zero-order valence-corrected chi connectivity index (χ0v) is 10.8. The van der Waals surface area contributed by atoms with Crippen molar-refractivity contribution in [3.63, 3.8) is 0 Å². The standard InChI is InChI=1S/C16H14O4/c17-13-5-1-11(2-6-13)16(18)12-3-7-14(8-4-12)19-9-15-10-20-15/h1-8,15,17H,9-10H2/t15-/m1/s1. The van der Waals surface area contributed by atoms with Crippen LogP contribution in [0.15, 0.2) is 48.5 Å². The van der Waals surface area contributed by atoms with Crippen molar-refractivity contribution >= 4 is 5.78 Å². The van der Waals surface area contributed by atoms with Crippen LogP contribution in [-0.2, 0) is 4.74 Å². The minimum atomic E-state index is -0.0814. The molecule has 0 bridgehead atoms. The molecule has 1 aliphatic heterocycles. The number of ketones is 1. The van der Waals surface area contributed by atoms with E-state index >= 15 is 0 Å². The molecule has 1 atom stereocenters. The Morgan fingerprint density at radius 1 is 1.10 bits per heavy atom. The molecule has 20 heavy (non-hydrogen) atoms. The van der Waals surface area contributed by atoms with Gasteiger partial charge in [-0.25, -0.2) is 0 Å². The number of rotatable bonds is 5. The van der Waals surface area contributed by atoms with Gasteiger partial charge in [0.05, 0.1) is 6.61 Å². The fraction of sp³-hybridized carbons (Fsp3) is 0.188. The Kier molecular flexibility index (Phi) is 3.39. The summed E-state index contributed by atoms with van der Waals surface area (Å²) in [5.74, 6) is 0.789. The molecule has 4 heteroatoms. The van der Waals surface area contributed by atoms with Crippen molar-refractivity contribution in [2.24, 2.45) is 0 Å². The smallest absolute Gasteiger partial charge is 0.193 e. The molecule has 1 aliphatic rings. The van der Waals surface area contributed by atoms with Gasteiger partial charge >= 0.3 is 0 Å². The quantitative estimate of drug-likeness (QED) is 0.669. The van der Waals surface area contributed by atoms with Gasteiger partial charge in [-0.3, -0.25) is 4.79 Å². The van der Waals surface area contributed by atoms with E-state index in [-0.39, 0.29) is 17.6 Å². The summed E-state index contributed by atoms with van der Waals surface area (Å²) >= 11 is 0. The van der Waals surface area contributed by atoms with E-state index in [2.05, 4.69) is 0 Å². The molecule has 0 amide bonds. The normalized spacial score (nSPS) is 16.7. The first-order valence-corrected chi connectivity index (χ1v) is 6.40. The second kappa shape index (κ2) is 5.35. The number of benzene rings is 2. The number of ether oxygens (including phenoxy) is 2. The van der Waals surface area contributed by atoms with Gasteiger partial charge in [0.1, 0.15) is 24.2 Å². The van der Waals surface area contributed by atoms with Crippen LogP contribution in [0, 0.1) is 0 Å². The molecule has 0 radical (unpaired) electrons. The molecule has 4 nitrogen and oxygen atoms in total. The van der Waals surface area contributed by atoms with Gasteiger partial charge in [-0.2, -0.15) is 0 Å². The molecular weight excluding hydrogens is 256 g/mol. The number of carbonyl (C=O) groups excluding carboxylic acids is 1. The maximum absolute atomic E-state index is 12.2. The summed E-state index contributed by atoms with van der Waals surface area (Å²) < 4.78 is 10.6. The number of phenols is 1. The summed E-state index contributed by atoms with van der Waals surface area (Å²) in [4.78, 5) is 12.2. The van der Waals surface area contributed by atoms with E-state index in [4.69, 9.17) is 9.47 Å². The average Bonchev–Trinajstić information content (AvgIpc) is 3.30. The van der Waals surface area contributed by atoms with Crippen LogP contribution in [0.2, 0.25) is 0 Å². The summed E-state index contributed by atoms with van der Waals surface area (Å²) in [6.45, 7) is 1.31. The van der Waals surface area contributed by atoms with Gasteiger partial charge < -0.3 is 14.6 Å². The van der Waals surface area contributed by atoms with Gasteiger partial charge in [0.15, 0.2) is 5.78 Å². The van der Waals surface area contributed by atoms with Crippen LogP contribution in [-0.4, -0.2) is 30.2 Å². The first-order chi connectivity index (χ1) is 9.72. The van der Waals surface area contributed by atoms with E-state index in [1.807, 2.05) is 0 Å². The Labute approximate surface area is 116 Å². The molecule has 2 aromatic rings. The van der Waals surface area contributed by atoms with E-state index in [9.17, 15) is 9.90 Å². The fourth-order valence-electron chi connectivity index (χ4n) is 1.84. The molecule has 1 saturated heterocycles. The van der Waals surface area contributed by atoms with E-state index < -0.39 is 0 Å². The minimum Gasteiger partial charge on any atom is -0.508 e. The fourth-order valence-corrected chi connectivity index (χ4v) is 1.84. The summed E-state index contributed by atoms with van der Waals surface area (Å²) in [7, 11) is 0. The SMILES string of the molecule is O=C(c1ccc(O)cc1)c1ccc(OC[C@@H]2CO2)cc1. The third-order valence-electron chi connectivity index (χ3n) is 3.08. The molecule has 0 spiro atoms. The lowest BCUT2D eigenvalue weighted by Gasteiger charge is -2.05. The third-order valence-corrected chi connectivity index (χ3v) is 3.08. The summed E-state index contributed by atoms with van der Waals surface area (Å²) in [6, 6.07) is 13.2. The van der Waals surface area contributed by atoms with E-state index in [0.717, 1.165) is 12.4 Å². The molecule has 0 saturated carbocycles. The molecule has 0 aromatic heterocycles. The van der Waals surface area contributed by atoms with Crippen molar-refractivity contribution < 1.29 is 19.4 Å². The van der Waals surface area contributed by atoms with Gasteiger partial charge in [0.25, 0.3) is 0 Å². The van der Waals surface area contributed by atoms with Crippen LogP contribution in [0.4, 0.5) is 0 Å². The molecule has 2 aromatic carbocycles. The molecule has 102 valence electrons. The first kappa shape index (κ1) is 12.7. The largest absolute Gasteiger partial charge is 0.508 e. The average molecular weight is 270 g/mol. The molecule has 0 aliphatic carbocycles. The van der Waals surface area contributed by atoms with Crippen LogP contribution in [0.25, 0.3) is 0 Å². The molecule has 1 N–H and O–H groups in total. The van der Waals surface area contributed by atoms with Crippen molar-refractivity contribution in [3.05, 3.63) is 59.7 Å². The highest BCUT2D eigenvalue weighted by atomic mass is 16.6. The molecule has 3 rings (SSSR count). The minimum absolute atomic E-state index is 0.0814. The van der Waals surface area contributed by atoms with Crippen molar-refractivity contribution in [2.45, 2.75) is 6.10 Å². The maximum atomic E-state index is 12.2. The number of epoxide rings is 1. The van der Waals surface area contributed by atoms with Crippen LogP contribution < -0.4 is 4.74 Å². The number of hydrogen-bond acceptors (Lipinski definition) is 4. The number of hydrogen-bond donors (Lipinski definition) is 1. The Hall–Kier alpha value is -2.33. The first-order valence-electron chi connectivity index (χ1n) is 6.40. The van der Waals surface area contributed by atoms with E-state index in [1.54, 1.807) is 36.4 Å². The van der Waals surface area contributed by atoms with E-state index in [1.165, 1.54) is 12.1 Å². The lowest BCUT2D eigenvalue weighted by Crippen LogP contribution is -2.05. The van der Waals surface area contributed by atoms with Crippen LogP contribution >= 0.6 is 0 Å². The Morgan fingerprint density at radius 3 is 2.20 bits per heavy atom. The Morgan fingerprint density at radius 2 is 1.65 bits per heavy atom. The highest BCUT2D eigenvalue weighted by Gasteiger charge is 2.23.